The van der Waals surface area contributed by atoms with Crippen molar-refractivity contribution in [1.29, 1.82) is 0 Å². The molecule has 390 valence electrons. The second-order valence-corrected chi connectivity index (χ2v) is 18.6. The molecule has 0 bridgehead atoms. The van der Waals surface area contributed by atoms with Gasteiger partial charge in [-0.15, -0.1) is 0 Å². The molecule has 1 amide bonds. The fourth-order valence-corrected chi connectivity index (χ4v) is 8.39. The predicted molar refractivity (Wildman–Crippen MR) is 263 cm³/mol. The molecule has 2 saturated heterocycles. The van der Waals surface area contributed by atoms with Crippen molar-refractivity contribution < 1.29 is 64.6 Å². The number of rotatable bonds is 40. The van der Waals surface area contributed by atoms with Crippen LogP contribution in [0, 0.1) is 0 Å². The fourth-order valence-electron chi connectivity index (χ4n) is 8.39. The van der Waals surface area contributed by atoms with Gasteiger partial charge in [0.05, 0.1) is 32.0 Å². The van der Waals surface area contributed by atoms with E-state index in [1.54, 1.807) is 6.08 Å². The lowest BCUT2D eigenvalue weighted by atomic mass is 9.97. The molecule has 0 aromatic rings. The smallest absolute Gasteiger partial charge is 0.220 e. The molecular formula is C53H95NO13. The minimum absolute atomic E-state index is 0.256. The third-order valence-electron chi connectivity index (χ3n) is 12.7. The van der Waals surface area contributed by atoms with Crippen molar-refractivity contribution in [2.45, 2.75) is 261 Å². The van der Waals surface area contributed by atoms with Crippen LogP contribution in [0.25, 0.3) is 0 Å². The molecule has 67 heavy (non-hydrogen) atoms. The molecule has 14 nitrogen and oxygen atoms in total. The quantitative estimate of drug-likeness (QED) is 0.0218. The monoisotopic (exact) mass is 954 g/mol. The first-order valence-electron chi connectivity index (χ1n) is 26.4. The highest BCUT2D eigenvalue weighted by Gasteiger charge is 2.51. The van der Waals surface area contributed by atoms with Crippen LogP contribution in [0.5, 0.6) is 0 Å². The van der Waals surface area contributed by atoms with Crippen molar-refractivity contribution in [3.8, 4) is 0 Å². The number of aliphatic hydroxyl groups is 8. The van der Waals surface area contributed by atoms with Crippen LogP contribution in [0.2, 0.25) is 0 Å². The molecular weight excluding hydrogens is 859 g/mol. The SMILES string of the molecule is CCCCC/C=C\C/C=C\CCCCCCCCCCCC(=O)NC(COC1OC(CO)C(OC2OC(CO)C(O)C(O)C2O)C(O)C1O)C(O)/C=C/CC/C=C/CCCCCCCCCC. The summed E-state index contributed by atoms with van der Waals surface area (Å²) in [5, 5.41) is 86.7. The van der Waals surface area contributed by atoms with E-state index in [2.05, 4.69) is 55.6 Å². The molecule has 2 heterocycles. The highest BCUT2D eigenvalue weighted by atomic mass is 16.7. The summed E-state index contributed by atoms with van der Waals surface area (Å²) in [6.45, 7) is 2.72. The van der Waals surface area contributed by atoms with Gasteiger partial charge in [0.1, 0.15) is 48.8 Å². The second kappa shape index (κ2) is 39.6. The first kappa shape index (κ1) is 61.1. The summed E-state index contributed by atoms with van der Waals surface area (Å²) in [7, 11) is 0. The zero-order chi connectivity index (χ0) is 48.9. The topological polar surface area (TPSA) is 228 Å². The lowest BCUT2D eigenvalue weighted by Gasteiger charge is -2.46. The Bertz CT molecular complexity index is 1310. The van der Waals surface area contributed by atoms with Gasteiger partial charge in [-0.1, -0.05) is 165 Å². The van der Waals surface area contributed by atoms with Gasteiger partial charge in [-0.05, 0) is 64.2 Å². The maximum absolute atomic E-state index is 13.2. The summed E-state index contributed by atoms with van der Waals surface area (Å²) in [6, 6.07) is -0.933. The summed E-state index contributed by atoms with van der Waals surface area (Å²) in [5.41, 5.74) is 0. The molecule has 12 atom stereocenters. The van der Waals surface area contributed by atoms with Gasteiger partial charge in [-0.3, -0.25) is 4.79 Å². The predicted octanol–water partition coefficient (Wildman–Crippen LogP) is 7.27. The number of allylic oxidation sites excluding steroid dienone is 7. The van der Waals surface area contributed by atoms with Gasteiger partial charge >= 0.3 is 0 Å². The van der Waals surface area contributed by atoms with Gasteiger partial charge in [0.15, 0.2) is 12.6 Å². The normalized spacial score (nSPS) is 27.0. The molecule has 0 aromatic heterocycles. The number of carbonyl (C=O) groups excluding carboxylic acids is 1. The van der Waals surface area contributed by atoms with E-state index < -0.39 is 86.8 Å². The number of ether oxygens (including phenoxy) is 4. The van der Waals surface area contributed by atoms with E-state index in [0.717, 1.165) is 44.9 Å². The van der Waals surface area contributed by atoms with Crippen LogP contribution in [-0.2, 0) is 23.7 Å². The van der Waals surface area contributed by atoms with E-state index >= 15 is 0 Å². The van der Waals surface area contributed by atoms with Crippen molar-refractivity contribution in [3.05, 3.63) is 48.6 Å². The van der Waals surface area contributed by atoms with Crippen LogP contribution in [0.15, 0.2) is 48.6 Å². The lowest BCUT2D eigenvalue weighted by molar-refractivity contribution is -0.359. The van der Waals surface area contributed by atoms with Crippen molar-refractivity contribution >= 4 is 5.91 Å². The summed E-state index contributed by atoms with van der Waals surface area (Å²) in [4.78, 5) is 13.2. The van der Waals surface area contributed by atoms with E-state index in [-0.39, 0.29) is 18.9 Å². The Morgan fingerprint density at radius 3 is 1.58 bits per heavy atom. The molecule has 2 aliphatic heterocycles. The summed E-state index contributed by atoms with van der Waals surface area (Å²) >= 11 is 0. The van der Waals surface area contributed by atoms with Crippen molar-refractivity contribution in [2.24, 2.45) is 0 Å². The van der Waals surface area contributed by atoms with Gasteiger partial charge in [0, 0.05) is 6.42 Å². The number of aliphatic hydroxyl groups excluding tert-OH is 8. The summed E-state index contributed by atoms with van der Waals surface area (Å²) in [6.07, 6.45) is 30.0. The first-order valence-corrected chi connectivity index (χ1v) is 26.4. The number of hydrogen-bond acceptors (Lipinski definition) is 13. The van der Waals surface area contributed by atoms with Crippen LogP contribution < -0.4 is 5.32 Å². The highest BCUT2D eigenvalue weighted by Crippen LogP contribution is 2.30. The zero-order valence-corrected chi connectivity index (χ0v) is 41.4. The van der Waals surface area contributed by atoms with Gasteiger partial charge < -0.3 is 65.1 Å². The number of amides is 1. The highest BCUT2D eigenvalue weighted by molar-refractivity contribution is 5.76. The Labute approximate surface area is 403 Å². The average molecular weight is 954 g/mol. The lowest BCUT2D eigenvalue weighted by Crippen LogP contribution is -2.65. The summed E-state index contributed by atoms with van der Waals surface area (Å²) in [5.74, 6) is -0.256. The Hall–Kier alpha value is -2.05. The standard InChI is InChI=1S/C53H95NO13/c1-3-5-7-9-11-13-15-17-19-20-21-22-23-25-27-29-31-33-35-37-45(58)54-41(42(57)36-34-32-30-28-26-24-18-16-14-12-10-8-6-4-2)40-64-52-50(63)48(61)51(44(39-56)66-52)67-53-49(62)47(60)46(59)43(38-55)65-53/h11,13,17,19,26,28,34,36,41-44,46-53,55-57,59-63H,3-10,12,14-16,18,20-25,27,29-33,35,37-40H2,1-2H3,(H,54,58)/b13-11-,19-17-,28-26+,36-34+. The largest absolute Gasteiger partial charge is 0.394 e. The number of hydrogen-bond donors (Lipinski definition) is 9. The zero-order valence-electron chi connectivity index (χ0n) is 41.4. The molecule has 2 fully saturated rings. The molecule has 0 saturated carbocycles. The fraction of sp³-hybridized carbons (Fsp3) is 0.830. The molecule has 2 aliphatic rings. The number of unbranched alkanes of at least 4 members (excludes halogenated alkanes) is 21. The van der Waals surface area contributed by atoms with Crippen LogP contribution in [0.1, 0.15) is 187 Å². The van der Waals surface area contributed by atoms with E-state index in [9.17, 15) is 45.6 Å². The van der Waals surface area contributed by atoms with Crippen molar-refractivity contribution in [2.75, 3.05) is 19.8 Å². The maximum Gasteiger partial charge on any atom is 0.220 e. The Kier molecular flexibility index (Phi) is 36.1. The van der Waals surface area contributed by atoms with Gasteiger partial charge in [0.25, 0.3) is 0 Å². The molecule has 12 unspecified atom stereocenters. The Balaban J connectivity index is 1.84. The molecule has 0 radical (unpaired) electrons. The molecule has 2 rings (SSSR count). The van der Waals surface area contributed by atoms with Gasteiger partial charge in [-0.2, -0.15) is 0 Å². The second-order valence-electron chi connectivity index (χ2n) is 18.6. The molecule has 0 spiro atoms. The van der Waals surface area contributed by atoms with Gasteiger partial charge in [-0.25, -0.2) is 0 Å². The number of nitrogens with one attached hydrogen (secondary N) is 1. The minimum atomic E-state index is -1.79. The van der Waals surface area contributed by atoms with Crippen molar-refractivity contribution in [3.63, 3.8) is 0 Å². The van der Waals surface area contributed by atoms with Crippen molar-refractivity contribution in [1.82, 2.24) is 5.32 Å². The summed E-state index contributed by atoms with van der Waals surface area (Å²) < 4.78 is 22.7. The molecule has 0 aromatic carbocycles. The Morgan fingerprint density at radius 2 is 1.00 bits per heavy atom. The molecule has 9 N–H and O–H groups in total. The maximum atomic E-state index is 13.2. The third-order valence-corrected chi connectivity index (χ3v) is 12.7. The van der Waals surface area contributed by atoms with E-state index in [1.807, 2.05) is 6.08 Å². The molecule has 14 heteroatoms. The van der Waals surface area contributed by atoms with E-state index in [1.165, 1.54) is 109 Å². The first-order chi connectivity index (χ1) is 32.6. The van der Waals surface area contributed by atoms with Crippen LogP contribution in [-0.4, -0.2) is 140 Å². The van der Waals surface area contributed by atoms with E-state index in [4.69, 9.17) is 18.9 Å². The Morgan fingerprint density at radius 1 is 0.537 bits per heavy atom. The van der Waals surface area contributed by atoms with Gasteiger partial charge in [0.2, 0.25) is 5.91 Å². The third kappa shape index (κ3) is 26.7. The minimum Gasteiger partial charge on any atom is -0.394 e. The molecule has 0 aliphatic carbocycles. The van der Waals surface area contributed by atoms with Crippen LogP contribution >= 0.6 is 0 Å². The van der Waals surface area contributed by atoms with E-state index in [0.29, 0.717) is 12.8 Å². The van der Waals surface area contributed by atoms with Crippen LogP contribution in [0.3, 0.4) is 0 Å². The average Bonchev–Trinajstić information content (AvgIpc) is 3.32. The van der Waals surface area contributed by atoms with Crippen LogP contribution in [0.4, 0.5) is 0 Å². The number of carbonyl (C=O) groups is 1.